The average molecular weight is 362 g/mol. The molecule has 0 N–H and O–H groups in total. The lowest BCUT2D eigenvalue weighted by molar-refractivity contribution is 0.203. The van der Waals surface area contributed by atoms with Crippen LogP contribution in [-0.4, -0.2) is 35.6 Å². The lowest BCUT2D eigenvalue weighted by atomic mass is 10.2. The molecule has 0 spiro atoms. The minimum Gasteiger partial charge on any atom is -0.369 e. The van der Waals surface area contributed by atoms with Crippen LogP contribution in [-0.2, 0) is 6.67 Å². The van der Waals surface area contributed by atoms with Crippen molar-refractivity contribution in [3.63, 3.8) is 0 Å². The predicted molar refractivity (Wildman–Crippen MR) is 93.4 cm³/mol. The highest BCUT2D eigenvalue weighted by Crippen LogP contribution is 2.18. The number of rotatable bonds is 3. The van der Waals surface area contributed by atoms with E-state index in [2.05, 4.69) is 56.9 Å². The molecule has 0 radical (unpaired) electrons. The number of aryl methyl sites for hydroxylation is 1. The van der Waals surface area contributed by atoms with E-state index < -0.39 is 0 Å². The molecule has 0 saturated carbocycles. The Bertz CT molecular complexity index is 705. The smallest absolute Gasteiger partial charge is 0.251 e. The molecule has 116 valence electrons. The molecule has 4 nitrogen and oxygen atoms in total. The number of anilines is 1. The highest BCUT2D eigenvalue weighted by atomic mass is 79.9. The number of hydrogen-bond acceptors (Lipinski definition) is 3. The largest absolute Gasteiger partial charge is 0.369 e. The SMILES string of the molecule is Cc1cccc(N2CCN(Cn3cc(Br)ccc3=O)CC2)c1. The molecule has 1 aromatic carbocycles. The predicted octanol–water partition coefficient (Wildman–Crippen LogP) is 2.70. The number of nitrogens with zero attached hydrogens (tertiary/aromatic N) is 3. The van der Waals surface area contributed by atoms with E-state index in [0.717, 1.165) is 30.7 Å². The van der Waals surface area contributed by atoms with Crippen molar-refractivity contribution in [2.45, 2.75) is 13.6 Å². The lowest BCUT2D eigenvalue weighted by Crippen LogP contribution is -2.47. The molecule has 5 heteroatoms. The molecule has 2 aromatic rings. The second-order valence-electron chi connectivity index (χ2n) is 5.74. The first kappa shape index (κ1) is 15.3. The number of benzene rings is 1. The summed E-state index contributed by atoms with van der Waals surface area (Å²) < 4.78 is 2.69. The Balaban J connectivity index is 1.62. The summed E-state index contributed by atoms with van der Waals surface area (Å²) in [7, 11) is 0. The van der Waals surface area contributed by atoms with Crippen molar-refractivity contribution in [3.8, 4) is 0 Å². The Morgan fingerprint density at radius 2 is 1.86 bits per heavy atom. The van der Waals surface area contributed by atoms with Crippen molar-refractivity contribution in [1.29, 1.82) is 0 Å². The van der Waals surface area contributed by atoms with Crippen molar-refractivity contribution in [3.05, 3.63) is 63.0 Å². The number of halogens is 1. The fraction of sp³-hybridized carbons (Fsp3) is 0.353. The van der Waals surface area contributed by atoms with Gasteiger partial charge in [0.1, 0.15) is 0 Å². The number of piperazine rings is 1. The first-order chi connectivity index (χ1) is 10.6. The van der Waals surface area contributed by atoms with Crippen molar-refractivity contribution in [2.24, 2.45) is 0 Å². The van der Waals surface area contributed by atoms with Crippen LogP contribution in [0.4, 0.5) is 5.69 Å². The van der Waals surface area contributed by atoms with Gasteiger partial charge in [-0.05, 0) is 46.6 Å². The van der Waals surface area contributed by atoms with Crippen molar-refractivity contribution < 1.29 is 0 Å². The van der Waals surface area contributed by atoms with E-state index in [4.69, 9.17) is 0 Å². The molecule has 0 amide bonds. The number of pyridine rings is 1. The fourth-order valence-electron chi connectivity index (χ4n) is 2.80. The van der Waals surface area contributed by atoms with Gasteiger partial charge in [0, 0.05) is 48.6 Å². The third kappa shape index (κ3) is 3.59. The third-order valence-electron chi connectivity index (χ3n) is 4.04. The highest BCUT2D eigenvalue weighted by molar-refractivity contribution is 9.10. The molecular formula is C17H20BrN3O. The summed E-state index contributed by atoms with van der Waals surface area (Å²) in [6.07, 6.45) is 1.86. The molecule has 1 aliphatic heterocycles. The van der Waals surface area contributed by atoms with E-state index in [1.54, 1.807) is 16.7 Å². The Morgan fingerprint density at radius 3 is 2.59 bits per heavy atom. The second-order valence-corrected chi connectivity index (χ2v) is 6.66. The van der Waals surface area contributed by atoms with Crippen molar-refractivity contribution in [1.82, 2.24) is 9.47 Å². The van der Waals surface area contributed by atoms with Crippen LogP contribution in [0.3, 0.4) is 0 Å². The van der Waals surface area contributed by atoms with Crippen LogP contribution in [0.25, 0.3) is 0 Å². The molecule has 1 saturated heterocycles. The van der Waals surface area contributed by atoms with E-state index in [9.17, 15) is 4.79 Å². The van der Waals surface area contributed by atoms with Gasteiger partial charge in [0.2, 0.25) is 0 Å². The van der Waals surface area contributed by atoms with Crippen LogP contribution < -0.4 is 10.5 Å². The zero-order valence-electron chi connectivity index (χ0n) is 12.7. The van der Waals surface area contributed by atoms with Gasteiger partial charge in [-0.1, -0.05) is 12.1 Å². The maximum absolute atomic E-state index is 11.9. The molecule has 0 atom stereocenters. The second kappa shape index (κ2) is 6.67. The van der Waals surface area contributed by atoms with Crippen LogP contribution in [0.5, 0.6) is 0 Å². The molecule has 1 fully saturated rings. The Labute approximate surface area is 139 Å². The summed E-state index contributed by atoms with van der Waals surface area (Å²) in [4.78, 5) is 16.6. The fourth-order valence-corrected chi connectivity index (χ4v) is 3.18. The summed E-state index contributed by atoms with van der Waals surface area (Å²) >= 11 is 3.42. The molecule has 3 rings (SSSR count). The van der Waals surface area contributed by atoms with Gasteiger partial charge >= 0.3 is 0 Å². The van der Waals surface area contributed by atoms with Crippen LogP contribution in [0.2, 0.25) is 0 Å². The van der Waals surface area contributed by atoms with E-state index in [-0.39, 0.29) is 5.56 Å². The minimum absolute atomic E-state index is 0.0457. The van der Waals surface area contributed by atoms with Gasteiger partial charge in [0.25, 0.3) is 5.56 Å². The molecule has 1 aliphatic rings. The monoisotopic (exact) mass is 361 g/mol. The van der Waals surface area contributed by atoms with Gasteiger partial charge in [0.15, 0.2) is 0 Å². The van der Waals surface area contributed by atoms with E-state index in [0.29, 0.717) is 6.67 Å². The zero-order valence-corrected chi connectivity index (χ0v) is 14.3. The highest BCUT2D eigenvalue weighted by Gasteiger charge is 2.17. The van der Waals surface area contributed by atoms with Gasteiger partial charge in [-0.25, -0.2) is 0 Å². The Hall–Kier alpha value is -1.59. The van der Waals surface area contributed by atoms with Crippen LogP contribution in [0.1, 0.15) is 5.56 Å². The van der Waals surface area contributed by atoms with Crippen LogP contribution in [0.15, 0.2) is 51.9 Å². The molecule has 1 aromatic heterocycles. The zero-order chi connectivity index (χ0) is 15.5. The van der Waals surface area contributed by atoms with Crippen LogP contribution >= 0.6 is 15.9 Å². The standard InChI is InChI=1S/C17H20BrN3O/c1-14-3-2-4-16(11-14)20-9-7-19(8-10-20)13-21-12-15(18)5-6-17(21)22/h2-6,11-12H,7-10,13H2,1H3. The van der Waals surface area contributed by atoms with Gasteiger partial charge < -0.3 is 9.47 Å². The maximum Gasteiger partial charge on any atom is 0.251 e. The summed E-state index contributed by atoms with van der Waals surface area (Å²) in [6.45, 7) is 6.69. The summed E-state index contributed by atoms with van der Waals surface area (Å²) in [6, 6.07) is 12.0. The lowest BCUT2D eigenvalue weighted by Gasteiger charge is -2.36. The van der Waals surface area contributed by atoms with E-state index in [1.807, 2.05) is 6.20 Å². The number of hydrogen-bond donors (Lipinski definition) is 0. The van der Waals surface area contributed by atoms with Crippen molar-refractivity contribution >= 4 is 21.6 Å². The summed E-state index contributed by atoms with van der Waals surface area (Å²) in [5.41, 5.74) is 2.63. The van der Waals surface area contributed by atoms with Crippen molar-refractivity contribution in [2.75, 3.05) is 31.1 Å². The molecule has 0 aliphatic carbocycles. The average Bonchev–Trinajstić information content (AvgIpc) is 2.52. The van der Waals surface area contributed by atoms with Gasteiger partial charge in [-0.2, -0.15) is 0 Å². The topological polar surface area (TPSA) is 28.5 Å². The molecule has 2 heterocycles. The summed E-state index contributed by atoms with van der Waals surface area (Å²) in [5.74, 6) is 0. The first-order valence-electron chi connectivity index (χ1n) is 7.52. The first-order valence-corrected chi connectivity index (χ1v) is 8.31. The van der Waals surface area contributed by atoms with Gasteiger partial charge in [-0.3, -0.25) is 9.69 Å². The molecule has 0 unspecified atom stereocenters. The normalized spacial score (nSPS) is 16.0. The van der Waals surface area contributed by atoms with Crippen LogP contribution in [0, 0.1) is 6.92 Å². The minimum atomic E-state index is 0.0457. The van der Waals surface area contributed by atoms with Gasteiger partial charge in [0.05, 0.1) is 6.67 Å². The van der Waals surface area contributed by atoms with Gasteiger partial charge in [-0.15, -0.1) is 0 Å². The summed E-state index contributed by atoms with van der Waals surface area (Å²) in [5, 5.41) is 0. The number of aromatic nitrogens is 1. The van der Waals surface area contributed by atoms with E-state index >= 15 is 0 Å². The van der Waals surface area contributed by atoms with E-state index in [1.165, 1.54) is 11.3 Å². The quantitative estimate of drug-likeness (QED) is 0.841. The molecule has 0 bridgehead atoms. The third-order valence-corrected chi connectivity index (χ3v) is 4.51. The molecule has 22 heavy (non-hydrogen) atoms. The Morgan fingerprint density at radius 1 is 1.09 bits per heavy atom. The Kier molecular flexibility index (Phi) is 4.64. The maximum atomic E-state index is 11.9. The molecular weight excluding hydrogens is 342 g/mol.